The van der Waals surface area contributed by atoms with Crippen molar-refractivity contribution < 1.29 is 0 Å². The van der Waals surface area contributed by atoms with Gasteiger partial charge in [-0.25, -0.2) is 0 Å². The van der Waals surface area contributed by atoms with Gasteiger partial charge in [-0.05, 0) is 36.1 Å². The van der Waals surface area contributed by atoms with Crippen LogP contribution < -0.4 is 4.90 Å². The van der Waals surface area contributed by atoms with E-state index in [0.717, 1.165) is 0 Å². The number of rotatable bonds is 1. The number of hydrogen-bond donors (Lipinski definition) is 0. The van der Waals surface area contributed by atoms with Gasteiger partial charge in [-0.2, -0.15) is 0 Å². The van der Waals surface area contributed by atoms with Crippen molar-refractivity contribution in [1.82, 2.24) is 0 Å². The van der Waals surface area contributed by atoms with Gasteiger partial charge in [0.05, 0.1) is 0 Å². The maximum Gasteiger partial charge on any atom is 0.0454 e. The summed E-state index contributed by atoms with van der Waals surface area (Å²) in [6.45, 7) is 4.77. The number of hydrogen-bond acceptors (Lipinski definition) is 1. The fourth-order valence-electron chi connectivity index (χ4n) is 5.14. The van der Waals surface area contributed by atoms with Gasteiger partial charge in [0.2, 0.25) is 0 Å². The Kier molecular flexibility index (Phi) is 5.07. The number of benzene rings is 2. The van der Waals surface area contributed by atoms with E-state index in [1.54, 1.807) is 0 Å². The van der Waals surface area contributed by atoms with E-state index in [0.29, 0.717) is 6.04 Å². The zero-order valence-electron chi connectivity index (χ0n) is 16.5. The maximum atomic E-state index is 2.71. The fraction of sp³-hybridized carbons (Fsp3) is 0.520. The summed E-state index contributed by atoms with van der Waals surface area (Å²) in [4.78, 5) is 2.71. The van der Waals surface area contributed by atoms with E-state index in [-0.39, 0.29) is 5.41 Å². The van der Waals surface area contributed by atoms with E-state index in [2.05, 4.69) is 67.3 Å². The summed E-state index contributed by atoms with van der Waals surface area (Å²) in [5, 5.41) is 0. The second kappa shape index (κ2) is 7.47. The molecule has 0 radical (unpaired) electrons. The van der Waals surface area contributed by atoms with Crippen molar-refractivity contribution in [2.24, 2.45) is 0 Å². The lowest BCUT2D eigenvalue weighted by Crippen LogP contribution is -2.39. The lowest BCUT2D eigenvalue weighted by molar-refractivity contribution is 0.451. The van der Waals surface area contributed by atoms with Gasteiger partial charge in [0.25, 0.3) is 0 Å². The first kappa shape index (κ1) is 17.6. The van der Waals surface area contributed by atoms with Crippen LogP contribution in [0.3, 0.4) is 0 Å². The fourth-order valence-corrected chi connectivity index (χ4v) is 5.14. The molecular weight excluding hydrogens is 314 g/mol. The van der Waals surface area contributed by atoms with Gasteiger partial charge >= 0.3 is 0 Å². The van der Waals surface area contributed by atoms with Crippen molar-refractivity contribution in [3.63, 3.8) is 0 Å². The summed E-state index contributed by atoms with van der Waals surface area (Å²) in [6.07, 6.45) is 12.5. The smallest absolute Gasteiger partial charge is 0.0454 e. The summed E-state index contributed by atoms with van der Waals surface area (Å²) >= 11 is 0. The molecule has 0 N–H and O–H groups in total. The van der Waals surface area contributed by atoms with E-state index in [1.165, 1.54) is 80.3 Å². The van der Waals surface area contributed by atoms with Gasteiger partial charge in [0.1, 0.15) is 0 Å². The van der Waals surface area contributed by atoms with Crippen molar-refractivity contribution in [3.05, 3.63) is 59.7 Å². The Balaban J connectivity index is 1.77. The number of anilines is 2. The van der Waals surface area contributed by atoms with Crippen LogP contribution in [0.15, 0.2) is 48.5 Å². The van der Waals surface area contributed by atoms with Crippen molar-refractivity contribution in [2.75, 3.05) is 4.90 Å². The topological polar surface area (TPSA) is 3.24 Å². The molecule has 1 heterocycles. The third-order valence-corrected chi connectivity index (χ3v) is 6.61. The molecule has 1 heteroatoms. The third-order valence-electron chi connectivity index (χ3n) is 6.61. The molecule has 0 amide bonds. The highest BCUT2D eigenvalue weighted by molar-refractivity contribution is 5.78. The summed E-state index contributed by atoms with van der Waals surface area (Å²) in [5.74, 6) is 0. The summed E-state index contributed by atoms with van der Waals surface area (Å²) < 4.78 is 0. The Bertz CT molecular complexity index is 686. The molecule has 0 saturated heterocycles. The van der Waals surface area contributed by atoms with Crippen molar-refractivity contribution >= 4 is 11.4 Å². The van der Waals surface area contributed by atoms with Gasteiger partial charge in [-0.3, -0.25) is 0 Å². The molecule has 1 aliphatic heterocycles. The van der Waals surface area contributed by atoms with Gasteiger partial charge in [0.15, 0.2) is 0 Å². The predicted octanol–water partition coefficient (Wildman–Crippen LogP) is 7.36. The lowest BCUT2D eigenvalue weighted by Gasteiger charge is -2.45. The Labute approximate surface area is 159 Å². The first-order chi connectivity index (χ1) is 12.7. The quantitative estimate of drug-likeness (QED) is 0.521. The monoisotopic (exact) mass is 347 g/mol. The second-order valence-electron chi connectivity index (χ2n) is 8.74. The van der Waals surface area contributed by atoms with E-state index in [4.69, 9.17) is 0 Å². The average Bonchev–Trinajstić information content (AvgIpc) is 2.67. The number of nitrogens with zero attached hydrogens (tertiary/aromatic N) is 1. The highest BCUT2D eigenvalue weighted by Gasteiger charge is 2.37. The van der Waals surface area contributed by atoms with Crippen molar-refractivity contribution in [1.29, 1.82) is 0 Å². The molecular formula is C25H33N. The van der Waals surface area contributed by atoms with Crippen molar-refractivity contribution in [2.45, 2.75) is 83.1 Å². The summed E-state index contributed by atoms with van der Waals surface area (Å²) in [7, 11) is 0. The Hall–Kier alpha value is -1.76. The average molecular weight is 348 g/mol. The van der Waals surface area contributed by atoms with Crippen LogP contribution >= 0.6 is 0 Å². The van der Waals surface area contributed by atoms with Crippen LogP contribution in [0.2, 0.25) is 0 Å². The zero-order chi connectivity index (χ0) is 18.0. The van der Waals surface area contributed by atoms with Crippen molar-refractivity contribution in [3.8, 4) is 0 Å². The summed E-state index contributed by atoms with van der Waals surface area (Å²) in [5.41, 5.74) is 5.92. The van der Waals surface area contributed by atoms with E-state index in [9.17, 15) is 0 Å². The normalized spacial score (nSPS) is 20.9. The van der Waals surface area contributed by atoms with Gasteiger partial charge in [-0.15, -0.1) is 0 Å². The molecule has 2 aromatic rings. The lowest BCUT2D eigenvalue weighted by atomic mass is 9.73. The van der Waals surface area contributed by atoms with Crippen LogP contribution in [0.5, 0.6) is 0 Å². The standard InChI is InChI=1S/C25H33N/c1-25(2)21-16-10-12-18-23(21)26(24-19-13-11-17-22(24)25)20-14-8-6-4-3-5-7-9-15-20/h10-13,16-20H,3-9,14-15H2,1-2H3. The van der Waals surface area contributed by atoms with Crippen LogP contribution in [-0.2, 0) is 5.41 Å². The molecule has 4 rings (SSSR count). The molecule has 1 aliphatic carbocycles. The molecule has 2 aliphatic rings. The minimum absolute atomic E-state index is 0.0691. The van der Waals surface area contributed by atoms with Crippen LogP contribution in [0.25, 0.3) is 0 Å². The maximum absolute atomic E-state index is 2.71. The number of fused-ring (bicyclic) bond motifs is 2. The van der Waals surface area contributed by atoms with E-state index >= 15 is 0 Å². The van der Waals surface area contributed by atoms with Gasteiger partial charge < -0.3 is 4.90 Å². The minimum Gasteiger partial charge on any atom is -0.338 e. The molecule has 1 saturated carbocycles. The highest BCUT2D eigenvalue weighted by Crippen LogP contribution is 2.50. The Morgan fingerprint density at radius 1 is 0.654 bits per heavy atom. The minimum atomic E-state index is 0.0691. The van der Waals surface area contributed by atoms with Gasteiger partial charge in [-0.1, -0.05) is 95.2 Å². The molecule has 1 fully saturated rings. The first-order valence-electron chi connectivity index (χ1n) is 10.7. The van der Waals surface area contributed by atoms with Crippen LogP contribution in [-0.4, -0.2) is 6.04 Å². The molecule has 0 bridgehead atoms. The third kappa shape index (κ3) is 3.17. The first-order valence-corrected chi connectivity index (χ1v) is 10.7. The largest absolute Gasteiger partial charge is 0.338 e. The van der Waals surface area contributed by atoms with Crippen LogP contribution in [0.4, 0.5) is 11.4 Å². The van der Waals surface area contributed by atoms with Crippen LogP contribution in [0, 0.1) is 0 Å². The predicted molar refractivity (Wildman–Crippen MR) is 112 cm³/mol. The zero-order valence-corrected chi connectivity index (χ0v) is 16.5. The van der Waals surface area contributed by atoms with E-state index in [1.807, 2.05) is 0 Å². The van der Waals surface area contributed by atoms with Crippen LogP contribution in [0.1, 0.15) is 82.8 Å². The highest BCUT2D eigenvalue weighted by atomic mass is 15.2. The second-order valence-corrected chi connectivity index (χ2v) is 8.74. The Morgan fingerprint density at radius 2 is 1.08 bits per heavy atom. The Morgan fingerprint density at radius 3 is 1.58 bits per heavy atom. The SMILES string of the molecule is CC1(C)c2ccccc2N(C2CCCCCCCCC2)c2ccccc21. The molecule has 0 aromatic heterocycles. The molecule has 0 atom stereocenters. The molecule has 1 nitrogen and oxygen atoms in total. The molecule has 2 aromatic carbocycles. The molecule has 138 valence electrons. The molecule has 0 unspecified atom stereocenters. The molecule has 0 spiro atoms. The summed E-state index contributed by atoms with van der Waals surface area (Å²) in [6, 6.07) is 18.9. The number of para-hydroxylation sites is 2. The van der Waals surface area contributed by atoms with E-state index < -0.39 is 0 Å². The molecule has 26 heavy (non-hydrogen) atoms. The van der Waals surface area contributed by atoms with Gasteiger partial charge in [0, 0.05) is 22.8 Å².